The fraction of sp³-hybridized carbons (Fsp3) is 0.750. The van der Waals surface area contributed by atoms with Gasteiger partial charge in [0, 0.05) is 0 Å². The molecule has 0 saturated heterocycles. The third-order valence-corrected chi connectivity index (χ3v) is 0.607. The zero-order valence-corrected chi connectivity index (χ0v) is 4.76. The largest absolute Gasteiger partial charge is 0.324 e. The molecule has 0 spiro atoms. The Morgan fingerprint density at radius 1 is 1.62 bits per heavy atom. The summed E-state index contributed by atoms with van der Waals surface area (Å²) in [6.45, 7) is 2.69. The molecule has 0 aliphatic carbocycles. The Kier molecular flexibility index (Phi) is 2.60. The monoisotopic (exact) mass is 145 g/mol. The second-order valence-corrected chi connectivity index (χ2v) is 1.97. The summed E-state index contributed by atoms with van der Waals surface area (Å²) in [5, 5.41) is -3.44. The lowest BCUT2D eigenvalue weighted by atomic mass is 10.3. The Morgan fingerprint density at radius 2 is 2.00 bits per heavy atom. The molecule has 0 aromatic carbocycles. The molecule has 0 fully saturated rings. The zero-order valence-electron chi connectivity index (χ0n) is 4.00. The standard InChI is InChI=1S/C4H5ClF3/c1-3(6)2-4(5,7)8/h3H,1-2H2. The van der Waals surface area contributed by atoms with Gasteiger partial charge in [-0.25, -0.2) is 4.39 Å². The highest BCUT2D eigenvalue weighted by molar-refractivity contribution is 6.21. The van der Waals surface area contributed by atoms with Crippen molar-refractivity contribution in [2.75, 3.05) is 0 Å². The van der Waals surface area contributed by atoms with Crippen molar-refractivity contribution < 1.29 is 13.2 Å². The predicted octanol–water partition coefficient (Wildman–Crippen LogP) is 2.38. The fourth-order valence-corrected chi connectivity index (χ4v) is 0.419. The van der Waals surface area contributed by atoms with Crippen LogP contribution in [0, 0.1) is 6.92 Å². The molecule has 0 saturated carbocycles. The number of halogens is 4. The number of hydrogen-bond acceptors (Lipinski definition) is 0. The van der Waals surface area contributed by atoms with E-state index in [1.54, 1.807) is 0 Å². The molecule has 0 amide bonds. The maximum Gasteiger partial charge on any atom is 0.324 e. The molecule has 0 aromatic heterocycles. The first kappa shape index (κ1) is 8.08. The first-order chi connectivity index (χ1) is 3.42. The summed E-state index contributed by atoms with van der Waals surface area (Å²) in [5.41, 5.74) is 0. The molecule has 4 heteroatoms. The molecule has 8 heavy (non-hydrogen) atoms. The van der Waals surface area contributed by atoms with Crippen LogP contribution in [0.4, 0.5) is 13.2 Å². The van der Waals surface area contributed by atoms with Crippen molar-refractivity contribution in [1.82, 2.24) is 0 Å². The first-order valence-corrected chi connectivity index (χ1v) is 2.33. The molecule has 0 nitrogen and oxygen atoms in total. The van der Waals surface area contributed by atoms with E-state index in [1.807, 2.05) is 0 Å². The van der Waals surface area contributed by atoms with Gasteiger partial charge >= 0.3 is 5.38 Å². The van der Waals surface area contributed by atoms with Crippen molar-refractivity contribution in [2.45, 2.75) is 18.0 Å². The molecule has 0 bridgehead atoms. The van der Waals surface area contributed by atoms with Gasteiger partial charge in [0.25, 0.3) is 0 Å². The van der Waals surface area contributed by atoms with Crippen molar-refractivity contribution >= 4 is 11.6 Å². The molecule has 0 heterocycles. The highest BCUT2D eigenvalue weighted by Crippen LogP contribution is 2.25. The third kappa shape index (κ3) is 6.08. The van der Waals surface area contributed by atoms with Gasteiger partial charge < -0.3 is 0 Å². The highest BCUT2D eigenvalue weighted by Gasteiger charge is 2.27. The molecular formula is C4H5ClF3. The van der Waals surface area contributed by atoms with Crippen LogP contribution in [0.5, 0.6) is 0 Å². The normalized spacial score (nSPS) is 16.1. The average Bonchev–Trinajstić information content (AvgIpc) is 1.21. The summed E-state index contributed by atoms with van der Waals surface area (Å²) in [7, 11) is 0. The van der Waals surface area contributed by atoms with Crippen LogP contribution in [0.1, 0.15) is 6.42 Å². The third-order valence-electron chi connectivity index (χ3n) is 0.453. The van der Waals surface area contributed by atoms with Gasteiger partial charge in [0.15, 0.2) is 0 Å². The van der Waals surface area contributed by atoms with Gasteiger partial charge in [-0.05, 0) is 18.5 Å². The van der Waals surface area contributed by atoms with E-state index in [2.05, 4.69) is 18.5 Å². The van der Waals surface area contributed by atoms with Gasteiger partial charge in [0.2, 0.25) is 0 Å². The molecule has 0 aliphatic heterocycles. The lowest BCUT2D eigenvalue weighted by Crippen LogP contribution is -2.11. The van der Waals surface area contributed by atoms with Gasteiger partial charge in [-0.1, -0.05) is 0 Å². The Balaban J connectivity index is 3.39. The lowest BCUT2D eigenvalue weighted by molar-refractivity contribution is 0.0650. The predicted molar refractivity (Wildman–Crippen MR) is 25.7 cm³/mol. The van der Waals surface area contributed by atoms with E-state index in [1.165, 1.54) is 0 Å². The van der Waals surface area contributed by atoms with Crippen molar-refractivity contribution in [2.24, 2.45) is 0 Å². The van der Waals surface area contributed by atoms with Crippen LogP contribution in [0.3, 0.4) is 0 Å². The zero-order chi connectivity index (χ0) is 6.78. The number of rotatable bonds is 2. The van der Waals surface area contributed by atoms with E-state index in [4.69, 9.17) is 0 Å². The average molecular weight is 146 g/mol. The fourth-order valence-electron chi connectivity index (χ4n) is 0.251. The molecule has 1 radical (unpaired) electrons. The van der Waals surface area contributed by atoms with Crippen molar-refractivity contribution in [3.63, 3.8) is 0 Å². The summed E-state index contributed by atoms with van der Waals surface area (Å²) in [5.74, 6) is 0. The lowest BCUT2D eigenvalue weighted by Gasteiger charge is -2.06. The van der Waals surface area contributed by atoms with Crippen LogP contribution in [0.25, 0.3) is 0 Å². The minimum absolute atomic E-state index is 1.02. The molecule has 0 rings (SSSR count). The van der Waals surface area contributed by atoms with Crippen LogP contribution in [-0.2, 0) is 0 Å². The van der Waals surface area contributed by atoms with Crippen molar-refractivity contribution in [3.05, 3.63) is 6.92 Å². The molecule has 49 valence electrons. The van der Waals surface area contributed by atoms with Gasteiger partial charge in [-0.2, -0.15) is 8.78 Å². The van der Waals surface area contributed by atoms with E-state index in [0.717, 1.165) is 0 Å². The minimum Gasteiger partial charge on any atom is -0.247 e. The maximum atomic E-state index is 11.5. The van der Waals surface area contributed by atoms with Crippen LogP contribution in [0.2, 0.25) is 0 Å². The Bertz CT molecular complexity index is 66.2. The molecular weight excluding hydrogens is 140 g/mol. The first-order valence-electron chi connectivity index (χ1n) is 1.96. The van der Waals surface area contributed by atoms with E-state index >= 15 is 0 Å². The van der Waals surface area contributed by atoms with E-state index in [9.17, 15) is 13.2 Å². The summed E-state index contributed by atoms with van der Waals surface area (Å²) in [4.78, 5) is 0. The Hall–Kier alpha value is 0.0800. The van der Waals surface area contributed by atoms with Crippen LogP contribution >= 0.6 is 11.6 Å². The number of alkyl halides is 4. The summed E-state index contributed by atoms with van der Waals surface area (Å²) < 4.78 is 34.4. The van der Waals surface area contributed by atoms with Gasteiger partial charge in [-0.3, -0.25) is 0 Å². The van der Waals surface area contributed by atoms with Crippen LogP contribution in [-0.4, -0.2) is 11.6 Å². The Labute approximate surface area is 50.6 Å². The van der Waals surface area contributed by atoms with E-state index < -0.39 is 18.0 Å². The Morgan fingerprint density at radius 3 is 2.00 bits per heavy atom. The quantitative estimate of drug-likeness (QED) is 0.524. The summed E-state index contributed by atoms with van der Waals surface area (Å²) >= 11 is 4.31. The van der Waals surface area contributed by atoms with Gasteiger partial charge in [0.05, 0.1) is 6.42 Å². The molecule has 0 aliphatic rings. The summed E-state index contributed by atoms with van der Waals surface area (Å²) in [6.07, 6.45) is -2.81. The topological polar surface area (TPSA) is 0 Å². The van der Waals surface area contributed by atoms with Crippen molar-refractivity contribution in [1.29, 1.82) is 0 Å². The maximum absolute atomic E-state index is 11.5. The molecule has 1 atom stereocenters. The smallest absolute Gasteiger partial charge is 0.247 e. The molecule has 0 aromatic rings. The van der Waals surface area contributed by atoms with Crippen LogP contribution in [0.15, 0.2) is 0 Å². The van der Waals surface area contributed by atoms with Crippen molar-refractivity contribution in [3.8, 4) is 0 Å². The molecule has 0 N–H and O–H groups in total. The summed E-state index contributed by atoms with van der Waals surface area (Å²) in [6, 6.07) is 0. The van der Waals surface area contributed by atoms with E-state index in [-0.39, 0.29) is 0 Å². The second-order valence-electron chi connectivity index (χ2n) is 1.42. The van der Waals surface area contributed by atoms with Gasteiger partial charge in [0.1, 0.15) is 6.17 Å². The highest BCUT2D eigenvalue weighted by atomic mass is 35.5. The minimum atomic E-state index is -3.44. The van der Waals surface area contributed by atoms with Gasteiger partial charge in [-0.15, -0.1) is 0 Å². The second kappa shape index (κ2) is 2.58. The van der Waals surface area contributed by atoms with E-state index in [0.29, 0.717) is 0 Å². The SMILES string of the molecule is [CH2]C(F)CC(F)(F)Cl. The van der Waals surface area contributed by atoms with Crippen LogP contribution < -0.4 is 0 Å². The molecule has 1 unspecified atom stereocenters. The number of hydrogen-bond donors (Lipinski definition) is 0.